The third-order valence-electron chi connectivity index (χ3n) is 2.45. The van der Waals surface area contributed by atoms with Crippen LogP contribution in [0.25, 0.3) is 0 Å². The van der Waals surface area contributed by atoms with Crippen molar-refractivity contribution in [1.82, 2.24) is 15.0 Å². The van der Waals surface area contributed by atoms with Crippen LogP contribution in [0.3, 0.4) is 0 Å². The number of rotatable bonds is 6. The summed E-state index contributed by atoms with van der Waals surface area (Å²) in [5, 5.41) is 16.6. The van der Waals surface area contributed by atoms with Gasteiger partial charge in [0.2, 0.25) is 17.2 Å². The number of nitrogens with zero attached hydrogens (tertiary/aromatic N) is 4. The molecule has 1 aromatic carbocycles. The summed E-state index contributed by atoms with van der Waals surface area (Å²) >= 11 is 5.83. The topological polar surface area (TPSA) is 106 Å². The Morgan fingerprint density at radius 3 is 2.76 bits per heavy atom. The van der Waals surface area contributed by atoms with E-state index in [1.54, 1.807) is 12.1 Å². The second-order valence-corrected chi connectivity index (χ2v) is 4.45. The number of hydrogen-bond acceptors (Lipinski definition) is 7. The van der Waals surface area contributed by atoms with Gasteiger partial charge >= 0.3 is 0 Å². The van der Waals surface area contributed by atoms with Gasteiger partial charge in [0.15, 0.2) is 0 Å². The Hall–Kier alpha value is -2.48. The largest absolute Gasteiger partial charge is 0.354 e. The van der Waals surface area contributed by atoms with Gasteiger partial charge in [-0.25, -0.2) is 0 Å². The van der Waals surface area contributed by atoms with Crippen LogP contribution in [-0.4, -0.2) is 26.4 Å². The maximum absolute atomic E-state index is 10.7. The van der Waals surface area contributed by atoms with E-state index < -0.39 is 4.92 Å². The SMILES string of the molecule is CCCNc1nc(Cl)nc(Nc2cccc([N+](=O)[O-])c2)n1. The number of nitrogens with one attached hydrogen (secondary N) is 2. The standard InChI is InChI=1S/C12H13ClN6O2/c1-2-6-14-11-16-10(13)17-12(18-11)15-8-4-3-5-9(7-8)19(20)21/h3-5,7H,2,6H2,1H3,(H2,14,15,16,17,18). The molecular formula is C12H13ClN6O2. The molecule has 0 aliphatic rings. The van der Waals surface area contributed by atoms with E-state index in [0.29, 0.717) is 18.2 Å². The van der Waals surface area contributed by atoms with Crippen molar-refractivity contribution in [1.29, 1.82) is 0 Å². The first-order valence-corrected chi connectivity index (χ1v) is 6.63. The van der Waals surface area contributed by atoms with Gasteiger partial charge in [-0.1, -0.05) is 13.0 Å². The van der Waals surface area contributed by atoms with Crippen LogP contribution in [0.2, 0.25) is 5.28 Å². The molecule has 2 aromatic rings. The van der Waals surface area contributed by atoms with Crippen molar-refractivity contribution in [2.24, 2.45) is 0 Å². The monoisotopic (exact) mass is 308 g/mol. The molecule has 0 aliphatic heterocycles. The predicted molar refractivity (Wildman–Crippen MR) is 80.0 cm³/mol. The quantitative estimate of drug-likeness (QED) is 0.624. The first-order chi connectivity index (χ1) is 10.1. The molecule has 1 aromatic heterocycles. The molecule has 2 rings (SSSR count). The Balaban J connectivity index is 2.20. The molecule has 21 heavy (non-hydrogen) atoms. The predicted octanol–water partition coefficient (Wildman–Crippen LogP) is 3.00. The number of nitro benzene ring substituents is 1. The van der Waals surface area contributed by atoms with Gasteiger partial charge in [-0.15, -0.1) is 0 Å². The Morgan fingerprint density at radius 2 is 2.05 bits per heavy atom. The first kappa shape index (κ1) is 14.9. The van der Waals surface area contributed by atoms with Crippen molar-refractivity contribution >= 4 is 34.9 Å². The zero-order valence-corrected chi connectivity index (χ0v) is 12.0. The van der Waals surface area contributed by atoms with Gasteiger partial charge in [0.25, 0.3) is 5.69 Å². The lowest BCUT2D eigenvalue weighted by atomic mass is 10.3. The summed E-state index contributed by atoms with van der Waals surface area (Å²) in [6, 6.07) is 6.03. The normalized spacial score (nSPS) is 10.2. The summed E-state index contributed by atoms with van der Waals surface area (Å²) in [6.45, 7) is 2.72. The van der Waals surface area contributed by atoms with Crippen molar-refractivity contribution in [3.05, 3.63) is 39.7 Å². The molecule has 8 nitrogen and oxygen atoms in total. The van der Waals surface area contributed by atoms with E-state index in [1.807, 2.05) is 6.92 Å². The molecule has 0 amide bonds. The van der Waals surface area contributed by atoms with Crippen LogP contribution in [0.5, 0.6) is 0 Å². The summed E-state index contributed by atoms with van der Waals surface area (Å²) in [6.07, 6.45) is 0.914. The van der Waals surface area contributed by atoms with Crippen molar-refractivity contribution in [3.63, 3.8) is 0 Å². The number of non-ortho nitro benzene ring substituents is 1. The molecular weight excluding hydrogens is 296 g/mol. The summed E-state index contributed by atoms with van der Waals surface area (Å²) in [5.41, 5.74) is 0.470. The third-order valence-corrected chi connectivity index (χ3v) is 2.62. The maximum Gasteiger partial charge on any atom is 0.271 e. The van der Waals surface area contributed by atoms with Crippen LogP contribution in [0, 0.1) is 10.1 Å². The van der Waals surface area contributed by atoms with E-state index in [9.17, 15) is 10.1 Å². The van der Waals surface area contributed by atoms with Gasteiger partial charge in [-0.3, -0.25) is 10.1 Å². The molecule has 0 atom stereocenters. The second-order valence-electron chi connectivity index (χ2n) is 4.11. The Kier molecular flexibility index (Phi) is 4.83. The van der Waals surface area contributed by atoms with Gasteiger partial charge in [0.1, 0.15) is 0 Å². The minimum Gasteiger partial charge on any atom is -0.354 e. The number of aromatic nitrogens is 3. The fraction of sp³-hybridized carbons (Fsp3) is 0.250. The van der Waals surface area contributed by atoms with Crippen LogP contribution in [0.15, 0.2) is 24.3 Å². The fourth-order valence-corrected chi connectivity index (χ4v) is 1.71. The van der Waals surface area contributed by atoms with E-state index in [0.717, 1.165) is 6.42 Å². The highest BCUT2D eigenvalue weighted by molar-refractivity contribution is 6.28. The van der Waals surface area contributed by atoms with Crippen LogP contribution in [0.1, 0.15) is 13.3 Å². The molecule has 0 saturated heterocycles. The average Bonchev–Trinajstić information content (AvgIpc) is 2.45. The molecule has 0 bridgehead atoms. The van der Waals surface area contributed by atoms with Crippen molar-refractivity contribution < 1.29 is 4.92 Å². The number of benzene rings is 1. The van der Waals surface area contributed by atoms with E-state index in [1.165, 1.54) is 12.1 Å². The molecule has 0 saturated carbocycles. The lowest BCUT2D eigenvalue weighted by molar-refractivity contribution is -0.384. The van der Waals surface area contributed by atoms with Gasteiger partial charge in [0, 0.05) is 24.4 Å². The summed E-state index contributed by atoms with van der Waals surface area (Å²) in [7, 11) is 0. The highest BCUT2D eigenvalue weighted by Crippen LogP contribution is 2.20. The second kappa shape index (κ2) is 6.80. The molecule has 1 heterocycles. The van der Waals surface area contributed by atoms with Crippen LogP contribution in [0.4, 0.5) is 23.3 Å². The zero-order valence-electron chi connectivity index (χ0n) is 11.2. The Bertz CT molecular complexity index is 651. The maximum atomic E-state index is 10.7. The number of anilines is 3. The average molecular weight is 309 g/mol. The molecule has 110 valence electrons. The van der Waals surface area contributed by atoms with Crippen LogP contribution >= 0.6 is 11.6 Å². The van der Waals surface area contributed by atoms with Gasteiger partial charge < -0.3 is 10.6 Å². The highest BCUT2D eigenvalue weighted by Gasteiger charge is 2.08. The van der Waals surface area contributed by atoms with Crippen LogP contribution < -0.4 is 10.6 Å². The third kappa shape index (κ3) is 4.25. The molecule has 2 N–H and O–H groups in total. The lowest BCUT2D eigenvalue weighted by Crippen LogP contribution is -2.07. The molecule has 0 radical (unpaired) electrons. The molecule has 0 fully saturated rings. The minimum atomic E-state index is -0.472. The molecule has 0 unspecified atom stereocenters. The zero-order chi connectivity index (χ0) is 15.2. The highest BCUT2D eigenvalue weighted by atomic mass is 35.5. The lowest BCUT2D eigenvalue weighted by Gasteiger charge is -2.07. The Morgan fingerprint density at radius 1 is 1.29 bits per heavy atom. The molecule has 9 heteroatoms. The summed E-state index contributed by atoms with van der Waals surface area (Å²) < 4.78 is 0. The van der Waals surface area contributed by atoms with Crippen molar-refractivity contribution in [3.8, 4) is 0 Å². The van der Waals surface area contributed by atoms with E-state index >= 15 is 0 Å². The van der Waals surface area contributed by atoms with E-state index in [2.05, 4.69) is 25.6 Å². The number of hydrogen-bond donors (Lipinski definition) is 2. The summed E-state index contributed by atoms with van der Waals surface area (Å²) in [5.74, 6) is 0.568. The smallest absolute Gasteiger partial charge is 0.271 e. The van der Waals surface area contributed by atoms with Crippen molar-refractivity contribution in [2.45, 2.75) is 13.3 Å². The van der Waals surface area contributed by atoms with Crippen LogP contribution in [-0.2, 0) is 0 Å². The van der Waals surface area contributed by atoms with Gasteiger partial charge in [-0.05, 0) is 24.1 Å². The Labute approximate surface area is 125 Å². The fourth-order valence-electron chi connectivity index (χ4n) is 1.55. The van der Waals surface area contributed by atoms with Gasteiger partial charge in [-0.2, -0.15) is 15.0 Å². The first-order valence-electron chi connectivity index (χ1n) is 6.25. The minimum absolute atomic E-state index is 0.0236. The molecule has 0 aliphatic carbocycles. The van der Waals surface area contributed by atoms with E-state index in [4.69, 9.17) is 11.6 Å². The van der Waals surface area contributed by atoms with E-state index in [-0.39, 0.29) is 16.9 Å². The van der Waals surface area contributed by atoms with Gasteiger partial charge in [0.05, 0.1) is 4.92 Å². The number of nitro groups is 1. The van der Waals surface area contributed by atoms with Crippen molar-refractivity contribution in [2.75, 3.05) is 17.2 Å². The number of halogens is 1. The molecule has 0 spiro atoms. The summed E-state index contributed by atoms with van der Waals surface area (Å²) in [4.78, 5) is 22.3.